The molecule has 5 rings (SSSR count). The van der Waals surface area contributed by atoms with Crippen LogP contribution in [0.15, 0.2) is 126 Å². The summed E-state index contributed by atoms with van der Waals surface area (Å²) in [5.74, 6) is -0.960. The molecule has 1 aliphatic rings. The zero-order valence-corrected chi connectivity index (χ0v) is 21.0. The average Bonchev–Trinajstić information content (AvgIpc) is 3.46. The Morgan fingerprint density at radius 3 is 2.08 bits per heavy atom. The van der Waals surface area contributed by atoms with Crippen molar-refractivity contribution in [2.75, 3.05) is 0 Å². The first-order valence-corrected chi connectivity index (χ1v) is 12.2. The summed E-state index contributed by atoms with van der Waals surface area (Å²) in [5.41, 5.74) is 10.6. The maximum atomic E-state index is 13.0. The number of carbonyl (C=O) groups excluding carboxylic acids is 2. The zero-order chi connectivity index (χ0) is 28.0. The molecule has 0 atom stereocenters. The lowest BCUT2D eigenvalue weighted by Gasteiger charge is -2.28. The van der Waals surface area contributed by atoms with Crippen molar-refractivity contribution < 1.29 is 19.2 Å². The number of nitrogens with zero attached hydrogens (tertiary/aromatic N) is 2. The van der Waals surface area contributed by atoms with Gasteiger partial charge in [0.1, 0.15) is 17.0 Å². The normalized spacial score (nSPS) is 13.8. The van der Waals surface area contributed by atoms with E-state index in [0.29, 0.717) is 5.56 Å². The van der Waals surface area contributed by atoms with Gasteiger partial charge in [-0.3, -0.25) is 14.9 Å². The minimum Gasteiger partial charge on any atom is -0.422 e. The highest BCUT2D eigenvalue weighted by molar-refractivity contribution is 5.95. The van der Waals surface area contributed by atoms with E-state index in [4.69, 9.17) is 4.74 Å². The molecule has 0 saturated heterocycles. The first-order valence-electron chi connectivity index (χ1n) is 12.2. The largest absolute Gasteiger partial charge is 0.422 e. The summed E-state index contributed by atoms with van der Waals surface area (Å²) < 4.78 is 5.47. The third-order valence-electron chi connectivity index (χ3n) is 6.26. The van der Waals surface area contributed by atoms with Gasteiger partial charge in [0.15, 0.2) is 0 Å². The number of hydrazone groups is 1. The Balaban J connectivity index is 1.30. The third-order valence-corrected chi connectivity index (χ3v) is 6.26. The molecule has 1 amide bonds. The second-order valence-corrected chi connectivity index (χ2v) is 8.78. The van der Waals surface area contributed by atoms with Crippen molar-refractivity contribution in [1.82, 2.24) is 16.3 Å². The number of amides is 1. The summed E-state index contributed by atoms with van der Waals surface area (Å²) in [5, 5.41) is 14.9. The van der Waals surface area contributed by atoms with Gasteiger partial charge in [-0.15, -0.1) is 0 Å². The van der Waals surface area contributed by atoms with E-state index >= 15 is 0 Å². The lowest BCUT2D eigenvalue weighted by atomic mass is 9.83. The number of carbonyl (C=O) groups is 2. The van der Waals surface area contributed by atoms with Gasteiger partial charge in [0.25, 0.3) is 11.6 Å². The van der Waals surface area contributed by atoms with Crippen LogP contribution in [0.4, 0.5) is 5.69 Å². The molecule has 0 aromatic heterocycles. The smallest absolute Gasteiger partial charge is 0.343 e. The molecule has 40 heavy (non-hydrogen) atoms. The fourth-order valence-corrected chi connectivity index (χ4v) is 4.24. The Morgan fingerprint density at radius 1 is 0.850 bits per heavy atom. The number of benzene rings is 4. The van der Waals surface area contributed by atoms with E-state index in [0.717, 1.165) is 11.1 Å². The van der Waals surface area contributed by atoms with E-state index in [9.17, 15) is 19.7 Å². The molecule has 0 saturated carbocycles. The van der Waals surface area contributed by atoms with Crippen LogP contribution in [0.2, 0.25) is 0 Å². The molecule has 198 valence electrons. The van der Waals surface area contributed by atoms with Crippen LogP contribution in [-0.2, 0) is 10.3 Å². The van der Waals surface area contributed by atoms with Crippen molar-refractivity contribution in [3.05, 3.63) is 153 Å². The topological polar surface area (TPSA) is 135 Å². The predicted octanol–water partition coefficient (Wildman–Crippen LogP) is 4.20. The summed E-state index contributed by atoms with van der Waals surface area (Å²) in [6.07, 6.45) is 3.17. The van der Waals surface area contributed by atoms with Crippen LogP contribution in [-0.4, -0.2) is 23.0 Å². The molecule has 10 nitrogen and oxygen atoms in total. The second-order valence-electron chi connectivity index (χ2n) is 8.78. The number of non-ortho nitro benzene ring substituents is 1. The Morgan fingerprint density at radius 2 is 1.45 bits per heavy atom. The molecule has 0 unspecified atom stereocenters. The maximum Gasteiger partial charge on any atom is 0.343 e. The van der Waals surface area contributed by atoms with Crippen molar-refractivity contribution in [2.45, 2.75) is 5.54 Å². The highest BCUT2D eigenvalue weighted by atomic mass is 16.6. The number of nitro groups is 1. The molecule has 10 heteroatoms. The Bertz CT molecular complexity index is 1560. The van der Waals surface area contributed by atoms with E-state index in [-0.39, 0.29) is 22.7 Å². The second kappa shape index (κ2) is 11.4. The van der Waals surface area contributed by atoms with Crippen LogP contribution in [0.5, 0.6) is 5.75 Å². The van der Waals surface area contributed by atoms with Gasteiger partial charge < -0.3 is 10.2 Å². The van der Waals surface area contributed by atoms with Crippen LogP contribution in [0, 0.1) is 10.1 Å². The van der Waals surface area contributed by atoms with Crippen molar-refractivity contribution >= 4 is 23.8 Å². The van der Waals surface area contributed by atoms with E-state index < -0.39 is 22.3 Å². The fourth-order valence-electron chi connectivity index (χ4n) is 4.24. The first kappa shape index (κ1) is 26.0. The first-order chi connectivity index (χ1) is 19.5. The molecule has 0 bridgehead atoms. The van der Waals surface area contributed by atoms with Gasteiger partial charge in [-0.05, 0) is 41.5 Å². The quantitative estimate of drug-likeness (QED) is 0.102. The number of nitrogens with one attached hydrogen (secondary N) is 3. The van der Waals surface area contributed by atoms with E-state index in [2.05, 4.69) is 21.4 Å². The molecule has 0 spiro atoms. The minimum atomic E-state index is -0.766. The van der Waals surface area contributed by atoms with Gasteiger partial charge in [-0.25, -0.2) is 15.6 Å². The van der Waals surface area contributed by atoms with Gasteiger partial charge >= 0.3 is 5.97 Å². The maximum absolute atomic E-state index is 13.0. The predicted molar refractivity (Wildman–Crippen MR) is 148 cm³/mol. The van der Waals surface area contributed by atoms with Gasteiger partial charge in [-0.1, -0.05) is 72.8 Å². The number of hydrazine groups is 1. The highest BCUT2D eigenvalue weighted by Crippen LogP contribution is 2.34. The molecule has 4 aromatic carbocycles. The molecular formula is C30H23N5O5. The molecule has 3 N–H and O–H groups in total. The van der Waals surface area contributed by atoms with Crippen LogP contribution < -0.4 is 21.0 Å². The van der Waals surface area contributed by atoms with Gasteiger partial charge in [0.05, 0.1) is 16.7 Å². The average molecular weight is 534 g/mol. The summed E-state index contributed by atoms with van der Waals surface area (Å²) in [4.78, 5) is 35.8. The third kappa shape index (κ3) is 5.47. The minimum absolute atomic E-state index is 0.133. The molecule has 0 fully saturated rings. The lowest BCUT2D eigenvalue weighted by molar-refractivity contribution is -0.384. The van der Waals surface area contributed by atoms with Crippen LogP contribution in [0.25, 0.3) is 0 Å². The lowest BCUT2D eigenvalue weighted by Crippen LogP contribution is -2.44. The molecule has 0 aliphatic carbocycles. The summed E-state index contributed by atoms with van der Waals surface area (Å²) in [6, 6.07) is 31.2. The van der Waals surface area contributed by atoms with Crippen molar-refractivity contribution in [2.24, 2.45) is 5.10 Å². The fraction of sp³-hybridized carbons (Fsp3) is 0.0333. The number of nitro benzene ring substituents is 1. The Kier molecular flexibility index (Phi) is 7.43. The van der Waals surface area contributed by atoms with Crippen molar-refractivity contribution in [1.29, 1.82) is 0 Å². The van der Waals surface area contributed by atoms with E-state index in [1.165, 1.54) is 30.5 Å². The molecule has 0 radical (unpaired) electrons. The van der Waals surface area contributed by atoms with Gasteiger partial charge in [0.2, 0.25) is 0 Å². The monoisotopic (exact) mass is 533 g/mol. The Hall–Kier alpha value is -5.61. The summed E-state index contributed by atoms with van der Waals surface area (Å²) >= 11 is 0. The SMILES string of the molecule is O=C(NN=Cc1ccccc1OC(=O)c1ccc([N+](=O)[O-])cc1)C1=CC(c2ccccc2)(c2ccccc2)NN1. The molecular weight excluding hydrogens is 510 g/mol. The van der Waals surface area contributed by atoms with E-state index in [1.54, 1.807) is 24.3 Å². The van der Waals surface area contributed by atoms with Crippen LogP contribution in [0.1, 0.15) is 27.0 Å². The number of ether oxygens (including phenoxy) is 1. The number of hydrogen-bond acceptors (Lipinski definition) is 8. The molecule has 4 aromatic rings. The zero-order valence-electron chi connectivity index (χ0n) is 21.0. The Labute approximate surface area is 229 Å². The van der Waals surface area contributed by atoms with Gasteiger partial charge in [0, 0.05) is 17.7 Å². The number of para-hydroxylation sites is 1. The standard InChI is InChI=1S/C30H23N5O5/c36-28(26-19-30(34-32-26,23-10-3-1-4-11-23)24-12-5-2-6-13-24)33-31-20-22-9-7-8-14-27(22)40-29(37)21-15-17-25(18-16-21)35(38)39/h1-20,32,34H,(H,33,36). The van der Waals surface area contributed by atoms with E-state index in [1.807, 2.05) is 66.7 Å². The van der Waals surface area contributed by atoms with Crippen molar-refractivity contribution in [3.8, 4) is 5.75 Å². The number of hydrogen-bond donors (Lipinski definition) is 3. The van der Waals surface area contributed by atoms with Gasteiger partial charge in [-0.2, -0.15) is 5.10 Å². The molecule has 1 aliphatic heterocycles. The summed E-state index contributed by atoms with van der Waals surface area (Å²) in [7, 11) is 0. The van der Waals surface area contributed by atoms with Crippen LogP contribution in [0.3, 0.4) is 0 Å². The van der Waals surface area contributed by atoms with Crippen molar-refractivity contribution in [3.63, 3.8) is 0 Å². The van der Waals surface area contributed by atoms with Crippen LogP contribution >= 0.6 is 0 Å². The highest BCUT2D eigenvalue weighted by Gasteiger charge is 2.38. The molecule has 1 heterocycles. The summed E-state index contributed by atoms with van der Waals surface area (Å²) in [6.45, 7) is 0. The number of esters is 1. The number of rotatable bonds is 8.